The number of rotatable bonds is 7. The molecule has 0 bridgehead atoms. The van der Waals surface area contributed by atoms with E-state index in [2.05, 4.69) is 0 Å². The van der Waals surface area contributed by atoms with E-state index in [1.54, 1.807) is 0 Å². The molecule has 0 saturated carbocycles. The summed E-state index contributed by atoms with van der Waals surface area (Å²) in [5, 5.41) is 9.61. The van der Waals surface area contributed by atoms with Crippen molar-refractivity contribution in [3.63, 3.8) is 0 Å². The molecule has 3 N–H and O–H groups in total. The zero-order valence-corrected chi connectivity index (χ0v) is 19.4. The van der Waals surface area contributed by atoms with Gasteiger partial charge in [-0.25, -0.2) is 18.0 Å². The lowest BCUT2D eigenvalue weighted by Crippen LogP contribution is -2.19. The number of carbonyl (C=O) groups excluding carboxylic acids is 1. The van der Waals surface area contributed by atoms with Gasteiger partial charge in [-0.1, -0.05) is 55.5 Å². The average molecular weight is 482 g/mol. The van der Waals surface area contributed by atoms with Gasteiger partial charge in [-0.3, -0.25) is 0 Å². The number of nitrogens with two attached hydrogens (primary N) is 1. The van der Waals surface area contributed by atoms with Crippen molar-refractivity contribution in [2.24, 2.45) is 0 Å². The number of fused-ring (bicyclic) bond motifs is 3. The Morgan fingerprint density at radius 2 is 1.59 bits per heavy atom. The van der Waals surface area contributed by atoms with Crippen LogP contribution in [0.5, 0.6) is 5.75 Å². The smallest absolute Gasteiger partial charge is 0.344 e. The highest BCUT2D eigenvalue weighted by molar-refractivity contribution is 7.91. The highest BCUT2D eigenvalue weighted by Crippen LogP contribution is 2.45. The van der Waals surface area contributed by atoms with Crippen LogP contribution in [-0.4, -0.2) is 44.9 Å². The van der Waals surface area contributed by atoms with Crippen molar-refractivity contribution in [1.82, 2.24) is 0 Å². The predicted molar refractivity (Wildman–Crippen MR) is 126 cm³/mol. The van der Waals surface area contributed by atoms with Gasteiger partial charge in [-0.15, -0.1) is 0 Å². The Morgan fingerprint density at radius 3 is 2.09 bits per heavy atom. The van der Waals surface area contributed by atoms with Gasteiger partial charge in [0, 0.05) is 5.92 Å². The molecular formula is C25H23NO7S. The number of ether oxygens (including phenoxy) is 2. The summed E-state index contributed by atoms with van der Waals surface area (Å²) in [7, 11) is -2.75. The van der Waals surface area contributed by atoms with Crippen LogP contribution >= 0.6 is 0 Å². The first kappa shape index (κ1) is 23.3. The minimum atomic E-state index is -3.93. The lowest BCUT2D eigenvalue weighted by molar-refractivity contribution is 0.0491. The number of hydrogen-bond donors (Lipinski definition) is 2. The molecule has 0 amide bonds. The van der Waals surface area contributed by atoms with Gasteiger partial charge in [0.2, 0.25) is 0 Å². The molecule has 0 spiro atoms. The molecule has 34 heavy (non-hydrogen) atoms. The van der Waals surface area contributed by atoms with Crippen LogP contribution in [0.15, 0.2) is 59.5 Å². The molecule has 3 aromatic rings. The van der Waals surface area contributed by atoms with Crippen LogP contribution in [0.25, 0.3) is 11.1 Å². The zero-order valence-electron chi connectivity index (χ0n) is 18.6. The number of carboxylic acids is 1. The fourth-order valence-electron chi connectivity index (χ4n) is 4.31. The minimum absolute atomic E-state index is 0.0530. The number of hydrogen-bond acceptors (Lipinski definition) is 7. The van der Waals surface area contributed by atoms with Crippen molar-refractivity contribution in [3.05, 3.63) is 76.9 Å². The van der Waals surface area contributed by atoms with Crippen LogP contribution in [0.3, 0.4) is 0 Å². The maximum Gasteiger partial charge on any atom is 0.344 e. The minimum Gasteiger partial charge on any atom is -0.495 e. The van der Waals surface area contributed by atoms with E-state index >= 15 is 0 Å². The molecule has 0 heterocycles. The van der Waals surface area contributed by atoms with Crippen molar-refractivity contribution in [2.45, 2.75) is 17.7 Å². The molecule has 3 aromatic carbocycles. The van der Waals surface area contributed by atoms with Gasteiger partial charge in [-0.05, 0) is 28.3 Å². The topological polar surface area (TPSA) is 133 Å². The summed E-state index contributed by atoms with van der Waals surface area (Å²) >= 11 is 0. The van der Waals surface area contributed by atoms with E-state index in [4.69, 9.17) is 15.2 Å². The van der Waals surface area contributed by atoms with Gasteiger partial charge in [0.05, 0.1) is 23.4 Å². The van der Waals surface area contributed by atoms with Gasteiger partial charge in [0.25, 0.3) is 0 Å². The zero-order chi connectivity index (χ0) is 24.6. The number of aromatic carboxylic acids is 1. The maximum absolute atomic E-state index is 13.2. The van der Waals surface area contributed by atoms with Gasteiger partial charge in [-0.2, -0.15) is 0 Å². The van der Waals surface area contributed by atoms with Gasteiger partial charge in [0.15, 0.2) is 9.84 Å². The van der Waals surface area contributed by atoms with Crippen LogP contribution in [0, 0.1) is 0 Å². The normalized spacial score (nSPS) is 12.6. The number of methoxy groups -OCH3 is 1. The lowest BCUT2D eigenvalue weighted by Gasteiger charge is -2.18. The molecule has 0 aromatic heterocycles. The highest BCUT2D eigenvalue weighted by atomic mass is 32.2. The predicted octanol–water partition coefficient (Wildman–Crippen LogP) is 3.74. The van der Waals surface area contributed by atoms with Gasteiger partial charge >= 0.3 is 11.9 Å². The first-order chi connectivity index (χ1) is 16.2. The Morgan fingerprint density at radius 1 is 1.03 bits per heavy atom. The Labute approximate surface area is 196 Å². The number of carbonyl (C=O) groups is 2. The molecule has 0 radical (unpaired) electrons. The first-order valence-electron chi connectivity index (χ1n) is 10.5. The number of esters is 1. The van der Waals surface area contributed by atoms with Crippen molar-refractivity contribution in [2.75, 3.05) is 25.2 Å². The van der Waals surface area contributed by atoms with E-state index in [0.29, 0.717) is 0 Å². The molecule has 176 valence electrons. The summed E-state index contributed by atoms with van der Waals surface area (Å²) < 4.78 is 35.9. The van der Waals surface area contributed by atoms with Crippen LogP contribution in [0.2, 0.25) is 0 Å². The van der Waals surface area contributed by atoms with E-state index in [9.17, 15) is 23.1 Å². The van der Waals surface area contributed by atoms with Crippen LogP contribution in [0.1, 0.15) is 44.7 Å². The summed E-state index contributed by atoms with van der Waals surface area (Å²) in [5.41, 5.74) is 8.82. The third kappa shape index (κ3) is 3.77. The second-order valence-electron chi connectivity index (χ2n) is 7.78. The fraction of sp³-hybridized carbons (Fsp3) is 0.200. The third-order valence-electron chi connectivity index (χ3n) is 5.98. The van der Waals surface area contributed by atoms with Crippen LogP contribution in [0.4, 0.5) is 5.69 Å². The molecule has 0 aliphatic heterocycles. The molecular weight excluding hydrogens is 458 g/mol. The number of anilines is 1. The van der Waals surface area contributed by atoms with Gasteiger partial charge < -0.3 is 20.3 Å². The molecule has 9 heteroatoms. The van der Waals surface area contributed by atoms with E-state index in [0.717, 1.165) is 28.3 Å². The Kier molecular flexibility index (Phi) is 6.05. The molecule has 0 unspecified atom stereocenters. The van der Waals surface area contributed by atoms with E-state index in [-0.39, 0.29) is 24.0 Å². The molecule has 4 rings (SSSR count). The van der Waals surface area contributed by atoms with E-state index in [1.165, 1.54) is 14.0 Å². The van der Waals surface area contributed by atoms with Crippen molar-refractivity contribution >= 4 is 27.5 Å². The van der Waals surface area contributed by atoms with Crippen molar-refractivity contribution in [3.8, 4) is 16.9 Å². The summed E-state index contributed by atoms with van der Waals surface area (Å²) in [6.07, 6.45) is 0. The maximum atomic E-state index is 13.2. The van der Waals surface area contributed by atoms with E-state index in [1.807, 2.05) is 48.5 Å². The largest absolute Gasteiger partial charge is 0.495 e. The quantitative estimate of drug-likeness (QED) is 0.385. The summed E-state index contributed by atoms with van der Waals surface area (Å²) in [4.78, 5) is 24.6. The van der Waals surface area contributed by atoms with Crippen LogP contribution < -0.4 is 10.5 Å². The SMILES string of the molecule is CCS(=O)(=O)c1cc(C(=O)O)c(OC)c(C(=O)OCC2c3ccccc3-c3ccccc32)c1N. The molecule has 1 aliphatic carbocycles. The number of carboxylic acid groups (broad SMARTS) is 1. The second-order valence-corrected chi connectivity index (χ2v) is 10.0. The Bertz CT molecular complexity index is 1370. The summed E-state index contributed by atoms with van der Waals surface area (Å²) in [5.74, 6) is -3.35. The second kappa shape index (κ2) is 8.83. The molecule has 1 aliphatic rings. The van der Waals surface area contributed by atoms with Crippen molar-refractivity contribution < 1.29 is 32.6 Å². The lowest BCUT2D eigenvalue weighted by atomic mass is 9.98. The van der Waals surface area contributed by atoms with E-state index < -0.39 is 43.5 Å². The molecule has 0 saturated heterocycles. The monoisotopic (exact) mass is 481 g/mol. The summed E-state index contributed by atoms with van der Waals surface area (Å²) in [6.45, 7) is 1.34. The fourth-order valence-corrected chi connectivity index (χ4v) is 5.36. The number of benzene rings is 3. The Hall–Kier alpha value is -3.85. The van der Waals surface area contributed by atoms with Gasteiger partial charge in [0.1, 0.15) is 23.5 Å². The summed E-state index contributed by atoms with van der Waals surface area (Å²) in [6, 6.07) is 16.5. The highest BCUT2D eigenvalue weighted by Gasteiger charge is 2.33. The molecule has 0 fully saturated rings. The van der Waals surface area contributed by atoms with Crippen LogP contribution in [-0.2, 0) is 14.6 Å². The first-order valence-corrected chi connectivity index (χ1v) is 12.2. The van der Waals surface area contributed by atoms with Crippen molar-refractivity contribution in [1.29, 1.82) is 0 Å². The molecule has 8 nitrogen and oxygen atoms in total. The third-order valence-corrected chi connectivity index (χ3v) is 7.75. The number of nitrogen functional groups attached to an aromatic ring is 1. The standard InChI is InChI=1S/C25H23NO7S/c1-3-34(30,31)20-12-18(24(27)28)23(32-2)21(22(20)26)25(29)33-13-19-16-10-6-4-8-14(16)15-9-5-7-11-17(15)19/h4-12,19H,3,13,26H2,1-2H3,(H,27,28). The molecule has 0 atom stereocenters. The number of sulfone groups is 1. The Balaban J connectivity index is 1.75. The average Bonchev–Trinajstić information content (AvgIpc) is 3.15.